The number of carbonyl (C=O) groups is 1. The smallest absolute Gasteiger partial charge is 0.256 e. The molecule has 0 aromatic carbocycles. The lowest BCUT2D eigenvalue weighted by atomic mass is 10.2. The Balaban J connectivity index is 2.10. The van der Waals surface area contributed by atoms with E-state index in [4.69, 9.17) is 0 Å². The third-order valence-corrected chi connectivity index (χ3v) is 3.46. The minimum atomic E-state index is -0.766. The van der Waals surface area contributed by atoms with Crippen molar-refractivity contribution in [2.24, 2.45) is 0 Å². The predicted octanol–water partition coefficient (Wildman–Crippen LogP) is 2.48. The van der Waals surface area contributed by atoms with Crippen LogP contribution in [0.15, 0.2) is 24.5 Å². The van der Waals surface area contributed by atoms with E-state index in [1.807, 2.05) is 13.8 Å². The number of thiazole rings is 1. The van der Waals surface area contributed by atoms with Gasteiger partial charge in [-0.15, -0.1) is 11.3 Å². The molecule has 0 bridgehead atoms. The van der Waals surface area contributed by atoms with Crippen molar-refractivity contribution in [3.63, 3.8) is 0 Å². The minimum Gasteiger partial charge on any atom is -0.343 e. The fraction of sp³-hybridized carbons (Fsp3) is 0.250. The van der Waals surface area contributed by atoms with Crippen LogP contribution in [-0.4, -0.2) is 15.9 Å². The Kier molecular flexibility index (Phi) is 3.66. The minimum absolute atomic E-state index is 0.0578. The van der Waals surface area contributed by atoms with Gasteiger partial charge in [0.05, 0.1) is 11.6 Å². The molecule has 6 heteroatoms. The summed E-state index contributed by atoms with van der Waals surface area (Å²) < 4.78 is 13.3. The van der Waals surface area contributed by atoms with Gasteiger partial charge < -0.3 is 5.32 Å². The molecule has 0 saturated carbocycles. The lowest BCUT2D eigenvalue weighted by Gasteiger charge is -2.11. The van der Waals surface area contributed by atoms with Crippen molar-refractivity contribution in [1.29, 1.82) is 0 Å². The highest BCUT2D eigenvalue weighted by molar-refractivity contribution is 7.11. The molecule has 0 aliphatic rings. The zero-order valence-electron chi connectivity index (χ0n) is 9.98. The molecule has 94 valence electrons. The molecule has 1 unspecified atom stereocenters. The summed E-state index contributed by atoms with van der Waals surface area (Å²) in [7, 11) is 0. The molecule has 0 saturated heterocycles. The fourth-order valence-electron chi connectivity index (χ4n) is 1.46. The number of aromatic nitrogens is 2. The highest BCUT2D eigenvalue weighted by Gasteiger charge is 2.17. The summed E-state index contributed by atoms with van der Waals surface area (Å²) >= 11 is 1.50. The Labute approximate surface area is 108 Å². The van der Waals surface area contributed by atoms with E-state index in [1.165, 1.54) is 29.7 Å². The lowest BCUT2D eigenvalue weighted by molar-refractivity contribution is 0.0935. The quantitative estimate of drug-likeness (QED) is 0.867. The van der Waals surface area contributed by atoms with Crippen LogP contribution in [0, 0.1) is 12.9 Å². The first-order chi connectivity index (χ1) is 8.58. The maximum atomic E-state index is 13.3. The van der Waals surface area contributed by atoms with Crippen LogP contribution in [0.5, 0.6) is 0 Å². The van der Waals surface area contributed by atoms with E-state index in [-0.39, 0.29) is 11.6 Å². The van der Waals surface area contributed by atoms with Crippen LogP contribution in [0.2, 0.25) is 0 Å². The predicted molar refractivity (Wildman–Crippen MR) is 66.9 cm³/mol. The molecule has 2 heterocycles. The second kappa shape index (κ2) is 5.22. The first-order valence-corrected chi connectivity index (χ1v) is 6.23. The van der Waals surface area contributed by atoms with Crippen molar-refractivity contribution >= 4 is 17.2 Å². The number of amides is 1. The average molecular weight is 265 g/mol. The van der Waals surface area contributed by atoms with Crippen LogP contribution in [0.3, 0.4) is 0 Å². The van der Waals surface area contributed by atoms with Crippen LogP contribution in [0.4, 0.5) is 4.39 Å². The van der Waals surface area contributed by atoms with E-state index in [1.54, 1.807) is 6.20 Å². The van der Waals surface area contributed by atoms with E-state index in [0.717, 1.165) is 9.88 Å². The van der Waals surface area contributed by atoms with Crippen LogP contribution >= 0.6 is 11.3 Å². The average Bonchev–Trinajstić information content (AvgIpc) is 2.76. The molecular formula is C12H12FN3OS. The normalized spacial score (nSPS) is 12.2. The Morgan fingerprint density at radius 3 is 2.89 bits per heavy atom. The number of hydrogen-bond donors (Lipinski definition) is 1. The van der Waals surface area contributed by atoms with Crippen LogP contribution in [-0.2, 0) is 0 Å². The van der Waals surface area contributed by atoms with Crippen LogP contribution in [0.25, 0.3) is 0 Å². The van der Waals surface area contributed by atoms with Crippen molar-refractivity contribution in [3.05, 3.63) is 45.9 Å². The van der Waals surface area contributed by atoms with Crippen molar-refractivity contribution in [2.45, 2.75) is 19.9 Å². The number of pyridine rings is 1. The first kappa shape index (κ1) is 12.6. The highest BCUT2D eigenvalue weighted by atomic mass is 32.1. The summed E-state index contributed by atoms with van der Waals surface area (Å²) in [6.07, 6.45) is 3.05. The van der Waals surface area contributed by atoms with Gasteiger partial charge in [-0.05, 0) is 26.0 Å². The molecule has 0 aliphatic heterocycles. The van der Waals surface area contributed by atoms with Gasteiger partial charge in [0, 0.05) is 17.3 Å². The van der Waals surface area contributed by atoms with Crippen molar-refractivity contribution < 1.29 is 9.18 Å². The summed E-state index contributed by atoms with van der Waals surface area (Å²) in [6.45, 7) is 3.75. The Bertz CT molecular complexity index is 570. The van der Waals surface area contributed by atoms with Gasteiger partial charge in [-0.1, -0.05) is 0 Å². The van der Waals surface area contributed by atoms with Crippen molar-refractivity contribution in [3.8, 4) is 0 Å². The Hall–Kier alpha value is -1.82. The molecular weight excluding hydrogens is 253 g/mol. The number of hydrogen-bond acceptors (Lipinski definition) is 4. The van der Waals surface area contributed by atoms with Crippen LogP contribution in [0.1, 0.15) is 33.2 Å². The number of halogens is 1. The largest absolute Gasteiger partial charge is 0.343 e. The molecule has 18 heavy (non-hydrogen) atoms. The maximum absolute atomic E-state index is 13.3. The van der Waals surface area contributed by atoms with E-state index in [9.17, 15) is 9.18 Å². The number of nitrogens with zero attached hydrogens (tertiary/aromatic N) is 2. The first-order valence-electron chi connectivity index (χ1n) is 5.41. The second-order valence-corrected chi connectivity index (χ2v) is 5.11. The van der Waals surface area contributed by atoms with E-state index in [2.05, 4.69) is 15.3 Å². The summed E-state index contributed by atoms with van der Waals surface area (Å²) in [6, 6.07) is 2.67. The monoisotopic (exact) mass is 265 g/mol. The van der Waals surface area contributed by atoms with Gasteiger partial charge in [-0.2, -0.15) is 4.39 Å². The number of carbonyl (C=O) groups excluding carboxylic acids is 1. The summed E-state index contributed by atoms with van der Waals surface area (Å²) in [4.78, 5) is 20.5. The zero-order valence-corrected chi connectivity index (χ0v) is 10.8. The van der Waals surface area contributed by atoms with Gasteiger partial charge in [0.15, 0.2) is 0 Å². The van der Waals surface area contributed by atoms with E-state index in [0.29, 0.717) is 0 Å². The van der Waals surface area contributed by atoms with Gasteiger partial charge in [0.1, 0.15) is 5.01 Å². The summed E-state index contributed by atoms with van der Waals surface area (Å²) in [5, 5.41) is 3.49. The fourth-order valence-corrected chi connectivity index (χ4v) is 2.24. The standard InChI is InChI=1S/C12H12FN3OS/c1-7-6-15-12(18-7)8(2)16-11(17)9-4-3-5-14-10(9)13/h3-6,8H,1-2H3,(H,16,17). The number of aryl methyl sites for hydroxylation is 1. The molecule has 2 aromatic rings. The molecule has 2 aromatic heterocycles. The SMILES string of the molecule is Cc1cnc(C(C)NC(=O)c2cccnc2F)s1. The molecule has 0 aliphatic carbocycles. The maximum Gasteiger partial charge on any atom is 0.256 e. The molecule has 1 amide bonds. The topological polar surface area (TPSA) is 54.9 Å². The molecule has 1 N–H and O–H groups in total. The molecule has 0 spiro atoms. The van der Waals surface area contributed by atoms with Gasteiger partial charge >= 0.3 is 0 Å². The lowest BCUT2D eigenvalue weighted by Crippen LogP contribution is -2.27. The van der Waals surface area contributed by atoms with Crippen molar-refractivity contribution in [2.75, 3.05) is 0 Å². The molecule has 4 nitrogen and oxygen atoms in total. The van der Waals surface area contributed by atoms with Crippen LogP contribution < -0.4 is 5.32 Å². The molecule has 1 atom stereocenters. The van der Waals surface area contributed by atoms with E-state index < -0.39 is 11.9 Å². The van der Waals surface area contributed by atoms with Gasteiger partial charge in [0.25, 0.3) is 5.91 Å². The van der Waals surface area contributed by atoms with E-state index >= 15 is 0 Å². The zero-order chi connectivity index (χ0) is 13.1. The number of rotatable bonds is 3. The highest BCUT2D eigenvalue weighted by Crippen LogP contribution is 2.19. The summed E-state index contributed by atoms with van der Waals surface area (Å²) in [5.41, 5.74) is -0.0578. The third kappa shape index (κ3) is 2.70. The molecule has 0 radical (unpaired) electrons. The second-order valence-electron chi connectivity index (χ2n) is 3.85. The Morgan fingerprint density at radius 1 is 1.50 bits per heavy atom. The summed E-state index contributed by atoms with van der Waals surface area (Å²) in [5.74, 6) is -1.25. The number of nitrogens with one attached hydrogen (secondary N) is 1. The van der Waals surface area contributed by atoms with Gasteiger partial charge in [0.2, 0.25) is 5.95 Å². The van der Waals surface area contributed by atoms with Gasteiger partial charge in [-0.3, -0.25) is 4.79 Å². The molecule has 0 fully saturated rings. The Morgan fingerprint density at radius 2 is 2.28 bits per heavy atom. The molecule has 2 rings (SSSR count). The third-order valence-electron chi connectivity index (χ3n) is 2.36. The van der Waals surface area contributed by atoms with Crippen molar-refractivity contribution in [1.82, 2.24) is 15.3 Å². The van der Waals surface area contributed by atoms with Gasteiger partial charge in [-0.25, -0.2) is 9.97 Å².